The van der Waals surface area contributed by atoms with Crippen molar-refractivity contribution in [3.8, 4) is 11.5 Å². The van der Waals surface area contributed by atoms with Gasteiger partial charge in [0.15, 0.2) is 5.78 Å². The normalized spacial score (nSPS) is 21.8. The van der Waals surface area contributed by atoms with Crippen LogP contribution in [0.25, 0.3) is 6.08 Å². The summed E-state index contributed by atoms with van der Waals surface area (Å²) in [5, 5.41) is 12.5. The Hall–Kier alpha value is -4.26. The highest BCUT2D eigenvalue weighted by molar-refractivity contribution is 6.10. The molecule has 0 bridgehead atoms. The quantitative estimate of drug-likeness (QED) is 0.191. The Morgan fingerprint density at radius 2 is 1.47 bits per heavy atom. The predicted molar refractivity (Wildman–Crippen MR) is 136 cm³/mol. The molecule has 0 saturated heterocycles. The standard InChI is InChI=1S/C29H27NO6/c1-35-22-13-8-19(9-14-22)10-17-25(31)28-26(32)18-24(20-11-15-23(36-2)16-12-20)29(30(33)34)27(28)21-6-4-3-5-7-21/h3-17,24,27-29H,18H2,1-2H3/b17-10+/t24-,27+,28?,29+/m1/s1. The van der Waals surface area contributed by atoms with Crippen LogP contribution in [0.15, 0.2) is 84.9 Å². The van der Waals surface area contributed by atoms with E-state index in [-0.39, 0.29) is 17.1 Å². The summed E-state index contributed by atoms with van der Waals surface area (Å²) in [5.41, 5.74) is 2.03. The Bertz CT molecular complexity index is 1250. The molecule has 4 rings (SSSR count). The summed E-state index contributed by atoms with van der Waals surface area (Å²) in [6.45, 7) is 0. The number of allylic oxidation sites excluding steroid dienone is 1. The van der Waals surface area contributed by atoms with Crippen molar-refractivity contribution in [1.82, 2.24) is 0 Å². The molecule has 1 aliphatic carbocycles. The highest BCUT2D eigenvalue weighted by Gasteiger charge is 2.53. The molecule has 3 aromatic carbocycles. The summed E-state index contributed by atoms with van der Waals surface area (Å²) < 4.78 is 10.4. The minimum atomic E-state index is -1.15. The number of carbonyl (C=O) groups is 2. The Morgan fingerprint density at radius 1 is 0.889 bits per heavy atom. The highest BCUT2D eigenvalue weighted by atomic mass is 16.6. The molecule has 0 spiro atoms. The lowest BCUT2D eigenvalue weighted by Gasteiger charge is -2.36. The largest absolute Gasteiger partial charge is 0.497 e. The number of methoxy groups -OCH3 is 2. The lowest BCUT2D eigenvalue weighted by atomic mass is 9.64. The van der Waals surface area contributed by atoms with Crippen molar-refractivity contribution >= 4 is 17.6 Å². The molecular formula is C29H27NO6. The Kier molecular flexibility index (Phi) is 7.59. The molecule has 0 radical (unpaired) electrons. The van der Waals surface area contributed by atoms with Gasteiger partial charge in [-0.15, -0.1) is 0 Å². The van der Waals surface area contributed by atoms with Crippen LogP contribution in [0.1, 0.15) is 34.9 Å². The van der Waals surface area contributed by atoms with Crippen LogP contribution in [-0.2, 0) is 9.59 Å². The van der Waals surface area contributed by atoms with Crippen LogP contribution in [0.4, 0.5) is 0 Å². The van der Waals surface area contributed by atoms with Gasteiger partial charge < -0.3 is 9.47 Å². The molecule has 1 unspecified atom stereocenters. The summed E-state index contributed by atoms with van der Waals surface area (Å²) in [5.74, 6) is -2.15. The molecule has 1 fully saturated rings. The van der Waals surface area contributed by atoms with Crippen molar-refractivity contribution in [2.24, 2.45) is 5.92 Å². The fourth-order valence-electron chi connectivity index (χ4n) is 4.95. The van der Waals surface area contributed by atoms with E-state index in [1.54, 1.807) is 99.2 Å². The van der Waals surface area contributed by atoms with E-state index in [4.69, 9.17) is 9.47 Å². The molecular weight excluding hydrogens is 458 g/mol. The van der Waals surface area contributed by atoms with Crippen LogP contribution in [0, 0.1) is 16.0 Å². The fourth-order valence-corrected chi connectivity index (χ4v) is 4.95. The second kappa shape index (κ2) is 11.0. The second-order valence-corrected chi connectivity index (χ2v) is 8.75. The smallest absolute Gasteiger partial charge is 0.228 e. The highest BCUT2D eigenvalue weighted by Crippen LogP contribution is 2.45. The topological polar surface area (TPSA) is 95.7 Å². The first kappa shape index (κ1) is 24.9. The molecule has 7 nitrogen and oxygen atoms in total. The zero-order valence-electron chi connectivity index (χ0n) is 20.1. The van der Waals surface area contributed by atoms with Gasteiger partial charge in [-0.05, 0) is 47.0 Å². The molecule has 0 N–H and O–H groups in total. The first-order valence-corrected chi connectivity index (χ1v) is 11.6. The van der Waals surface area contributed by atoms with E-state index in [0.29, 0.717) is 22.6 Å². The van der Waals surface area contributed by atoms with Crippen LogP contribution in [0.2, 0.25) is 0 Å². The molecule has 4 atom stereocenters. The van der Waals surface area contributed by atoms with Gasteiger partial charge in [0.2, 0.25) is 6.04 Å². The zero-order chi connectivity index (χ0) is 25.7. The van der Waals surface area contributed by atoms with Gasteiger partial charge in [-0.3, -0.25) is 19.7 Å². The molecule has 3 aromatic rings. The van der Waals surface area contributed by atoms with Crippen molar-refractivity contribution < 1.29 is 24.0 Å². The lowest BCUT2D eigenvalue weighted by molar-refractivity contribution is -0.533. The van der Waals surface area contributed by atoms with Crippen LogP contribution in [0.3, 0.4) is 0 Å². The van der Waals surface area contributed by atoms with Crippen molar-refractivity contribution in [1.29, 1.82) is 0 Å². The van der Waals surface area contributed by atoms with Crippen LogP contribution < -0.4 is 9.47 Å². The fraction of sp³-hybridized carbons (Fsp3) is 0.241. The molecule has 0 heterocycles. The maximum absolute atomic E-state index is 13.5. The number of ketones is 2. The summed E-state index contributed by atoms with van der Waals surface area (Å²) in [6, 6.07) is 21.8. The maximum atomic E-state index is 13.5. The van der Waals surface area contributed by atoms with Gasteiger partial charge in [0.25, 0.3) is 0 Å². The van der Waals surface area contributed by atoms with E-state index in [1.165, 1.54) is 6.08 Å². The average molecular weight is 486 g/mol. The number of nitrogens with zero attached hydrogens (tertiary/aromatic N) is 1. The van der Waals surface area contributed by atoms with Gasteiger partial charge in [-0.1, -0.05) is 60.7 Å². The molecule has 0 amide bonds. The van der Waals surface area contributed by atoms with Crippen molar-refractivity contribution in [3.05, 3.63) is 112 Å². The minimum Gasteiger partial charge on any atom is -0.497 e. The van der Waals surface area contributed by atoms with Gasteiger partial charge in [-0.2, -0.15) is 0 Å². The zero-order valence-corrected chi connectivity index (χ0v) is 20.1. The van der Waals surface area contributed by atoms with Gasteiger partial charge in [0.05, 0.1) is 32.0 Å². The number of rotatable bonds is 8. The molecule has 1 saturated carbocycles. The monoisotopic (exact) mass is 485 g/mol. The van der Waals surface area contributed by atoms with Gasteiger partial charge in [-0.25, -0.2) is 0 Å². The first-order chi connectivity index (χ1) is 17.4. The number of ether oxygens (including phenoxy) is 2. The predicted octanol–water partition coefficient (Wildman–Crippen LogP) is 5.09. The van der Waals surface area contributed by atoms with Crippen LogP contribution >= 0.6 is 0 Å². The Balaban J connectivity index is 1.72. The van der Waals surface area contributed by atoms with E-state index in [1.807, 2.05) is 0 Å². The number of Topliss-reactive ketones (excluding diaryl/α,β-unsaturated/α-hetero) is 1. The first-order valence-electron chi connectivity index (χ1n) is 11.6. The van der Waals surface area contributed by atoms with E-state index >= 15 is 0 Å². The lowest BCUT2D eigenvalue weighted by Crippen LogP contribution is -2.48. The van der Waals surface area contributed by atoms with E-state index in [2.05, 4.69) is 0 Å². The van der Waals surface area contributed by atoms with Gasteiger partial charge >= 0.3 is 0 Å². The molecule has 36 heavy (non-hydrogen) atoms. The number of nitro groups is 1. The number of hydrogen-bond acceptors (Lipinski definition) is 6. The average Bonchev–Trinajstić information content (AvgIpc) is 2.91. The molecule has 0 aromatic heterocycles. The maximum Gasteiger partial charge on any atom is 0.228 e. The van der Waals surface area contributed by atoms with E-state index in [9.17, 15) is 19.7 Å². The number of hydrogen-bond donors (Lipinski definition) is 0. The summed E-state index contributed by atoms with van der Waals surface area (Å²) in [7, 11) is 3.11. The van der Waals surface area contributed by atoms with Gasteiger partial charge in [0.1, 0.15) is 17.3 Å². The summed E-state index contributed by atoms with van der Waals surface area (Å²) >= 11 is 0. The third-order valence-electron chi connectivity index (χ3n) is 6.74. The molecule has 0 aliphatic heterocycles. The van der Waals surface area contributed by atoms with Crippen molar-refractivity contribution in [2.75, 3.05) is 14.2 Å². The Labute approximate surface area is 209 Å². The summed E-state index contributed by atoms with van der Waals surface area (Å²) in [6.07, 6.45) is 2.88. The molecule has 7 heteroatoms. The SMILES string of the molecule is COc1ccc(/C=C/C(=O)C2C(=O)C[C@H](c3ccc(OC)cc3)[C@H]([N+](=O)[O-])[C@H]2c2ccccc2)cc1. The number of carbonyl (C=O) groups excluding carboxylic acids is 2. The minimum absolute atomic E-state index is 0.0892. The van der Waals surface area contributed by atoms with Crippen LogP contribution in [0.5, 0.6) is 11.5 Å². The molecule has 184 valence electrons. The van der Waals surface area contributed by atoms with Crippen LogP contribution in [-0.4, -0.2) is 36.8 Å². The van der Waals surface area contributed by atoms with Crippen molar-refractivity contribution in [2.45, 2.75) is 24.3 Å². The van der Waals surface area contributed by atoms with Crippen molar-refractivity contribution in [3.63, 3.8) is 0 Å². The Morgan fingerprint density at radius 3 is 2.03 bits per heavy atom. The number of benzene rings is 3. The third kappa shape index (κ3) is 5.20. The third-order valence-corrected chi connectivity index (χ3v) is 6.74. The second-order valence-electron chi connectivity index (χ2n) is 8.75. The van der Waals surface area contributed by atoms with E-state index < -0.39 is 29.6 Å². The van der Waals surface area contributed by atoms with E-state index in [0.717, 1.165) is 5.56 Å². The summed E-state index contributed by atoms with van der Waals surface area (Å²) in [4.78, 5) is 39.0. The molecule has 1 aliphatic rings. The van der Waals surface area contributed by atoms with Gasteiger partial charge in [0, 0.05) is 11.3 Å².